The molecule has 2 aromatic rings. The molecule has 1 aromatic carbocycles. The first kappa shape index (κ1) is 12.5. The average molecular weight is 287 g/mol. The van der Waals surface area contributed by atoms with Crippen molar-refractivity contribution in [1.82, 2.24) is 8.75 Å². The average Bonchev–Trinajstić information content (AvgIpc) is 2.76. The highest BCUT2D eigenvalue weighted by Gasteiger charge is 2.17. The summed E-state index contributed by atoms with van der Waals surface area (Å²) < 4.78 is 21.9. The zero-order valence-electron chi connectivity index (χ0n) is 8.91. The van der Waals surface area contributed by atoms with Gasteiger partial charge in [-0.2, -0.15) is 8.75 Å². The molecule has 0 fully saturated rings. The fraction of sp³-hybridized carbons (Fsp3) is 0.0909. The normalized spacial score (nSPS) is 12.1. The molecule has 0 saturated heterocycles. The summed E-state index contributed by atoms with van der Waals surface area (Å²) in [7, 11) is 0. The molecule has 0 N–H and O–H groups in total. The summed E-state index contributed by atoms with van der Waals surface area (Å²) in [6.45, 7) is 3.63. The first-order valence-corrected chi connectivity index (χ1v) is 6.99. The number of allylic oxidation sites excluding steroid dienone is 2. The van der Waals surface area contributed by atoms with E-state index in [4.69, 9.17) is 11.6 Å². The molecule has 0 spiro atoms. The molecule has 2 rings (SSSR count). The summed E-state index contributed by atoms with van der Waals surface area (Å²) in [6.07, 6.45) is 5.31. The second kappa shape index (κ2) is 5.16. The molecule has 2 nitrogen and oxygen atoms in total. The van der Waals surface area contributed by atoms with Gasteiger partial charge in [-0.15, -0.1) is 11.8 Å². The van der Waals surface area contributed by atoms with Crippen LogP contribution in [0.2, 0.25) is 5.02 Å². The molecule has 0 aliphatic heterocycles. The standard InChI is InChI=1S/C11H8ClFN2S2/c1-3-4-8(16-2)9-10(12)6(13)5-7-11(9)15-17-14-7/h3-5H,1H2,2H3/b8-4-. The summed E-state index contributed by atoms with van der Waals surface area (Å²) in [5.41, 5.74) is 1.74. The number of rotatable bonds is 3. The molecule has 0 aliphatic rings. The number of benzene rings is 1. The SMILES string of the molecule is C=C/C=C(\SC)c1c(Cl)c(F)cc2nsnc12. The van der Waals surface area contributed by atoms with Crippen molar-refractivity contribution in [2.24, 2.45) is 0 Å². The van der Waals surface area contributed by atoms with E-state index in [-0.39, 0.29) is 5.02 Å². The van der Waals surface area contributed by atoms with E-state index in [1.165, 1.54) is 17.8 Å². The van der Waals surface area contributed by atoms with E-state index in [0.29, 0.717) is 16.6 Å². The van der Waals surface area contributed by atoms with Gasteiger partial charge in [-0.1, -0.05) is 24.3 Å². The summed E-state index contributed by atoms with van der Waals surface area (Å²) in [5, 5.41) is 0.0765. The van der Waals surface area contributed by atoms with E-state index in [9.17, 15) is 4.39 Å². The largest absolute Gasteiger partial charge is 0.205 e. The first-order chi connectivity index (χ1) is 8.19. The number of hydrogen-bond donors (Lipinski definition) is 0. The van der Waals surface area contributed by atoms with Gasteiger partial charge in [0.15, 0.2) is 0 Å². The molecule has 88 valence electrons. The number of thioether (sulfide) groups is 1. The van der Waals surface area contributed by atoms with Gasteiger partial charge in [0.25, 0.3) is 0 Å². The lowest BCUT2D eigenvalue weighted by Gasteiger charge is -2.07. The summed E-state index contributed by atoms with van der Waals surface area (Å²) in [5.74, 6) is -0.481. The van der Waals surface area contributed by atoms with Crippen molar-refractivity contribution in [1.29, 1.82) is 0 Å². The monoisotopic (exact) mass is 286 g/mol. The van der Waals surface area contributed by atoms with Crippen LogP contribution in [0.4, 0.5) is 4.39 Å². The molecule has 0 bridgehead atoms. The van der Waals surface area contributed by atoms with E-state index >= 15 is 0 Å². The van der Waals surface area contributed by atoms with Crippen molar-refractivity contribution in [2.45, 2.75) is 0 Å². The van der Waals surface area contributed by atoms with Crippen molar-refractivity contribution in [3.05, 3.63) is 41.2 Å². The number of aromatic nitrogens is 2. The van der Waals surface area contributed by atoms with Crippen molar-refractivity contribution >= 4 is 51.0 Å². The molecule has 0 aliphatic carbocycles. The minimum atomic E-state index is -0.481. The maximum absolute atomic E-state index is 13.7. The van der Waals surface area contributed by atoms with Crippen LogP contribution in [0.1, 0.15) is 5.56 Å². The van der Waals surface area contributed by atoms with E-state index < -0.39 is 5.82 Å². The predicted molar refractivity (Wildman–Crippen MR) is 74.1 cm³/mol. The highest BCUT2D eigenvalue weighted by Crippen LogP contribution is 2.37. The topological polar surface area (TPSA) is 25.8 Å². The van der Waals surface area contributed by atoms with Crippen LogP contribution in [0.25, 0.3) is 15.9 Å². The van der Waals surface area contributed by atoms with Crippen LogP contribution in [-0.2, 0) is 0 Å². The number of hydrogen-bond acceptors (Lipinski definition) is 4. The van der Waals surface area contributed by atoms with Gasteiger partial charge in [0.05, 0.1) is 16.8 Å². The third kappa shape index (κ3) is 2.22. The van der Waals surface area contributed by atoms with Crippen LogP contribution in [0.5, 0.6) is 0 Å². The fourth-order valence-electron chi connectivity index (χ4n) is 1.46. The van der Waals surface area contributed by atoms with Gasteiger partial charge in [0, 0.05) is 16.5 Å². The summed E-state index contributed by atoms with van der Waals surface area (Å²) in [6, 6.07) is 1.30. The van der Waals surface area contributed by atoms with Crippen LogP contribution in [0.15, 0.2) is 24.8 Å². The van der Waals surface area contributed by atoms with Gasteiger partial charge in [-0.05, 0) is 12.3 Å². The third-order valence-electron chi connectivity index (χ3n) is 2.18. The Morgan fingerprint density at radius 1 is 1.59 bits per heavy atom. The maximum Gasteiger partial charge on any atom is 0.144 e. The molecule has 0 atom stereocenters. The Morgan fingerprint density at radius 3 is 3.00 bits per heavy atom. The molecule has 6 heteroatoms. The van der Waals surface area contributed by atoms with Crippen molar-refractivity contribution < 1.29 is 4.39 Å². The Labute approximate surface area is 112 Å². The smallest absolute Gasteiger partial charge is 0.144 e. The molecule has 17 heavy (non-hydrogen) atoms. The molecule has 0 saturated carbocycles. The second-order valence-corrected chi connectivity index (χ2v) is 4.90. The minimum absolute atomic E-state index is 0.0765. The van der Waals surface area contributed by atoms with Gasteiger partial charge in [0.1, 0.15) is 16.9 Å². The highest BCUT2D eigenvalue weighted by molar-refractivity contribution is 8.07. The van der Waals surface area contributed by atoms with E-state index in [1.54, 1.807) is 12.2 Å². The van der Waals surface area contributed by atoms with Gasteiger partial charge < -0.3 is 0 Å². The minimum Gasteiger partial charge on any atom is -0.205 e. The van der Waals surface area contributed by atoms with Crippen molar-refractivity contribution in [3.8, 4) is 0 Å². The summed E-state index contributed by atoms with van der Waals surface area (Å²) in [4.78, 5) is 0.821. The molecule has 0 radical (unpaired) electrons. The Bertz CT molecular complexity index is 607. The molecule has 0 unspecified atom stereocenters. The molecular weight excluding hydrogens is 279 g/mol. The van der Waals surface area contributed by atoms with Crippen LogP contribution in [-0.4, -0.2) is 15.0 Å². The number of nitrogens with zero attached hydrogens (tertiary/aromatic N) is 2. The first-order valence-electron chi connectivity index (χ1n) is 4.66. The Morgan fingerprint density at radius 2 is 2.35 bits per heavy atom. The molecular formula is C11H8ClFN2S2. The lowest BCUT2D eigenvalue weighted by atomic mass is 10.1. The lowest BCUT2D eigenvalue weighted by molar-refractivity contribution is 0.629. The number of fused-ring (bicyclic) bond motifs is 1. The van der Waals surface area contributed by atoms with Crippen LogP contribution >= 0.6 is 35.1 Å². The second-order valence-electron chi connectivity index (χ2n) is 3.15. The van der Waals surface area contributed by atoms with Crippen LogP contribution < -0.4 is 0 Å². The van der Waals surface area contributed by atoms with Crippen LogP contribution in [0, 0.1) is 5.82 Å². The van der Waals surface area contributed by atoms with Gasteiger partial charge in [-0.25, -0.2) is 4.39 Å². The Balaban J connectivity index is 2.81. The van der Waals surface area contributed by atoms with Gasteiger partial charge in [-0.3, -0.25) is 0 Å². The molecule has 1 heterocycles. The predicted octanol–water partition coefficient (Wildman–Crippen LogP) is 4.37. The molecule has 1 aromatic heterocycles. The van der Waals surface area contributed by atoms with Crippen molar-refractivity contribution in [2.75, 3.05) is 6.26 Å². The lowest BCUT2D eigenvalue weighted by Crippen LogP contribution is -1.89. The zero-order chi connectivity index (χ0) is 12.4. The van der Waals surface area contributed by atoms with E-state index in [1.807, 2.05) is 6.26 Å². The highest BCUT2D eigenvalue weighted by atomic mass is 35.5. The van der Waals surface area contributed by atoms with Crippen LogP contribution in [0.3, 0.4) is 0 Å². The molecule has 0 amide bonds. The van der Waals surface area contributed by atoms with Gasteiger partial charge >= 0.3 is 0 Å². The third-order valence-corrected chi connectivity index (χ3v) is 3.87. The Kier molecular flexibility index (Phi) is 3.81. The quantitative estimate of drug-likeness (QED) is 0.784. The van der Waals surface area contributed by atoms with E-state index in [0.717, 1.165) is 16.6 Å². The van der Waals surface area contributed by atoms with E-state index in [2.05, 4.69) is 15.3 Å². The van der Waals surface area contributed by atoms with Crippen molar-refractivity contribution in [3.63, 3.8) is 0 Å². The Hall–Kier alpha value is -0.910. The van der Waals surface area contributed by atoms with Gasteiger partial charge in [0.2, 0.25) is 0 Å². The zero-order valence-corrected chi connectivity index (χ0v) is 11.3. The summed E-state index contributed by atoms with van der Waals surface area (Å²) >= 11 is 8.52. The maximum atomic E-state index is 13.7. The number of halogens is 2. The fourth-order valence-corrected chi connectivity index (χ4v) is 2.93.